The van der Waals surface area contributed by atoms with Crippen LogP contribution < -0.4 is 0 Å². The molecule has 2 rings (SSSR count). The molecule has 1 N–H and O–H groups in total. The van der Waals surface area contributed by atoms with Crippen LogP contribution in [0, 0.1) is 17.2 Å². The highest BCUT2D eigenvalue weighted by atomic mass is 16.3. The van der Waals surface area contributed by atoms with Crippen molar-refractivity contribution < 1.29 is 5.11 Å². The van der Waals surface area contributed by atoms with Gasteiger partial charge in [0, 0.05) is 5.56 Å². The lowest BCUT2D eigenvalue weighted by molar-refractivity contribution is 0.466. The number of hydrogen-bond donors (Lipinski definition) is 1. The summed E-state index contributed by atoms with van der Waals surface area (Å²) >= 11 is 0. The molecule has 0 heterocycles. The minimum absolute atomic E-state index is 0.269. The van der Waals surface area contributed by atoms with Crippen molar-refractivity contribution in [1.82, 2.24) is 0 Å². The van der Waals surface area contributed by atoms with Crippen molar-refractivity contribution in [2.75, 3.05) is 0 Å². The Balaban J connectivity index is 2.34. The fraction of sp³-hybridized carbons (Fsp3) is 0.364. The van der Waals surface area contributed by atoms with Gasteiger partial charge in [-0.2, -0.15) is 5.26 Å². The van der Waals surface area contributed by atoms with E-state index in [0.29, 0.717) is 11.5 Å². The van der Waals surface area contributed by atoms with Crippen molar-refractivity contribution in [1.29, 1.82) is 5.26 Å². The highest BCUT2D eigenvalue weighted by Crippen LogP contribution is 2.35. The van der Waals surface area contributed by atoms with Gasteiger partial charge in [-0.1, -0.05) is 6.07 Å². The number of phenolic OH excluding ortho intramolecular Hbond substituents is 1. The van der Waals surface area contributed by atoms with Crippen molar-refractivity contribution in [3.05, 3.63) is 29.3 Å². The van der Waals surface area contributed by atoms with Crippen molar-refractivity contribution in [2.24, 2.45) is 5.92 Å². The molecule has 1 aliphatic rings. The molecule has 0 bridgehead atoms. The predicted molar refractivity (Wildman–Crippen MR) is 49.2 cm³/mol. The van der Waals surface area contributed by atoms with Gasteiger partial charge in [-0.25, -0.2) is 0 Å². The topological polar surface area (TPSA) is 44.0 Å². The summed E-state index contributed by atoms with van der Waals surface area (Å²) in [5, 5.41) is 18.4. The molecule has 0 saturated heterocycles. The number of nitrogens with zero attached hydrogens (tertiary/aromatic N) is 1. The Hall–Kier alpha value is -1.49. The van der Waals surface area contributed by atoms with Crippen molar-refractivity contribution in [3.63, 3.8) is 0 Å². The fourth-order valence-electron chi connectivity index (χ4n) is 1.50. The van der Waals surface area contributed by atoms with Crippen LogP contribution in [0.5, 0.6) is 5.75 Å². The molecule has 1 aromatic rings. The summed E-state index contributed by atoms with van der Waals surface area (Å²) in [5.41, 5.74) is 1.44. The zero-order chi connectivity index (χ0) is 9.26. The van der Waals surface area contributed by atoms with Gasteiger partial charge in [0.25, 0.3) is 0 Å². The number of nitriles is 1. The molecule has 66 valence electrons. The Morgan fingerprint density at radius 3 is 2.85 bits per heavy atom. The average molecular weight is 173 g/mol. The maximum atomic E-state index is 9.55. The predicted octanol–water partition coefficient (Wildman–Crippen LogP) is 2.22. The molecule has 1 aromatic carbocycles. The van der Waals surface area contributed by atoms with Gasteiger partial charge < -0.3 is 5.11 Å². The van der Waals surface area contributed by atoms with E-state index in [1.807, 2.05) is 0 Å². The summed E-state index contributed by atoms with van der Waals surface area (Å²) in [6.45, 7) is 0. The third-order valence-corrected chi connectivity index (χ3v) is 2.46. The van der Waals surface area contributed by atoms with E-state index in [1.165, 1.54) is 12.8 Å². The van der Waals surface area contributed by atoms with Crippen LogP contribution >= 0.6 is 0 Å². The van der Waals surface area contributed by atoms with Gasteiger partial charge in [-0.05, 0) is 37.3 Å². The molecule has 1 fully saturated rings. The normalized spacial score (nSPS) is 15.3. The van der Waals surface area contributed by atoms with E-state index in [0.717, 1.165) is 12.0 Å². The SMILES string of the molecule is N#Cc1cccc(O)c1CC1CC1. The molecule has 0 amide bonds. The molecule has 0 aliphatic heterocycles. The van der Waals surface area contributed by atoms with Gasteiger partial charge in [0.15, 0.2) is 0 Å². The van der Waals surface area contributed by atoms with Crippen molar-refractivity contribution in [2.45, 2.75) is 19.3 Å². The monoisotopic (exact) mass is 173 g/mol. The maximum absolute atomic E-state index is 9.55. The quantitative estimate of drug-likeness (QED) is 0.745. The van der Waals surface area contributed by atoms with Gasteiger partial charge in [-0.3, -0.25) is 0 Å². The Bertz CT molecular complexity index is 361. The second-order valence-electron chi connectivity index (χ2n) is 3.56. The lowest BCUT2D eigenvalue weighted by Gasteiger charge is -2.04. The van der Waals surface area contributed by atoms with E-state index in [1.54, 1.807) is 18.2 Å². The third-order valence-electron chi connectivity index (χ3n) is 2.46. The Morgan fingerprint density at radius 2 is 2.23 bits per heavy atom. The minimum Gasteiger partial charge on any atom is -0.508 e. The second kappa shape index (κ2) is 3.10. The zero-order valence-corrected chi connectivity index (χ0v) is 7.33. The Morgan fingerprint density at radius 1 is 1.46 bits per heavy atom. The van der Waals surface area contributed by atoms with Crippen LogP contribution in [-0.2, 0) is 6.42 Å². The zero-order valence-electron chi connectivity index (χ0n) is 7.33. The van der Waals surface area contributed by atoms with Crippen LogP contribution in [0.3, 0.4) is 0 Å². The lowest BCUT2D eigenvalue weighted by Crippen LogP contribution is -1.92. The summed E-state index contributed by atoms with van der Waals surface area (Å²) in [6, 6.07) is 7.23. The fourth-order valence-corrected chi connectivity index (χ4v) is 1.50. The van der Waals surface area contributed by atoms with E-state index in [9.17, 15) is 5.11 Å². The molecule has 0 unspecified atom stereocenters. The minimum atomic E-state index is 0.269. The van der Waals surface area contributed by atoms with Gasteiger partial charge in [0.1, 0.15) is 5.75 Å². The maximum Gasteiger partial charge on any atom is 0.120 e. The van der Waals surface area contributed by atoms with Gasteiger partial charge in [0.2, 0.25) is 0 Å². The molecule has 2 nitrogen and oxygen atoms in total. The average Bonchev–Trinajstić information content (AvgIpc) is 2.92. The summed E-state index contributed by atoms with van der Waals surface area (Å²) in [4.78, 5) is 0. The number of phenols is 1. The van der Waals surface area contributed by atoms with Crippen molar-refractivity contribution >= 4 is 0 Å². The molecule has 1 saturated carbocycles. The van der Waals surface area contributed by atoms with Gasteiger partial charge >= 0.3 is 0 Å². The molecule has 0 atom stereocenters. The first-order valence-electron chi connectivity index (χ1n) is 4.52. The van der Waals surface area contributed by atoms with E-state index in [4.69, 9.17) is 5.26 Å². The van der Waals surface area contributed by atoms with Crippen LogP contribution in [0.15, 0.2) is 18.2 Å². The smallest absolute Gasteiger partial charge is 0.120 e. The van der Waals surface area contributed by atoms with Crippen LogP contribution in [0.25, 0.3) is 0 Å². The first kappa shape index (κ1) is 8.12. The second-order valence-corrected chi connectivity index (χ2v) is 3.56. The molecule has 0 aromatic heterocycles. The summed E-state index contributed by atoms with van der Waals surface area (Å²) in [5.74, 6) is 0.964. The lowest BCUT2D eigenvalue weighted by atomic mass is 10.0. The standard InChI is InChI=1S/C11H11NO/c12-7-9-2-1-3-11(13)10(9)6-8-4-5-8/h1-3,8,13H,4-6H2. The molecule has 2 heteroatoms. The highest BCUT2D eigenvalue weighted by molar-refractivity contribution is 5.46. The largest absolute Gasteiger partial charge is 0.508 e. The molecule has 0 radical (unpaired) electrons. The Labute approximate surface area is 77.4 Å². The van der Waals surface area contributed by atoms with Crippen molar-refractivity contribution in [3.8, 4) is 11.8 Å². The van der Waals surface area contributed by atoms with E-state index in [-0.39, 0.29) is 5.75 Å². The number of aromatic hydroxyl groups is 1. The van der Waals surface area contributed by atoms with Crippen LogP contribution in [0.2, 0.25) is 0 Å². The summed E-state index contributed by atoms with van der Waals surface area (Å²) < 4.78 is 0. The van der Waals surface area contributed by atoms with Crippen LogP contribution in [0.4, 0.5) is 0 Å². The number of rotatable bonds is 2. The molecule has 1 aliphatic carbocycles. The molecule has 13 heavy (non-hydrogen) atoms. The summed E-state index contributed by atoms with van der Waals surface area (Å²) in [6.07, 6.45) is 3.33. The Kier molecular flexibility index (Phi) is 1.94. The number of benzene rings is 1. The molecular formula is C11H11NO. The first-order valence-corrected chi connectivity index (χ1v) is 4.52. The molecular weight excluding hydrogens is 162 g/mol. The van der Waals surface area contributed by atoms with Gasteiger partial charge in [0.05, 0.1) is 11.6 Å². The van der Waals surface area contributed by atoms with Crippen LogP contribution in [-0.4, -0.2) is 5.11 Å². The van der Waals surface area contributed by atoms with E-state index < -0.39 is 0 Å². The molecule has 0 spiro atoms. The number of hydrogen-bond acceptors (Lipinski definition) is 2. The highest BCUT2D eigenvalue weighted by Gasteiger charge is 2.24. The first-order chi connectivity index (χ1) is 6.31. The van der Waals surface area contributed by atoms with Gasteiger partial charge in [-0.15, -0.1) is 0 Å². The van der Waals surface area contributed by atoms with E-state index in [2.05, 4.69) is 6.07 Å². The van der Waals surface area contributed by atoms with Crippen LogP contribution in [0.1, 0.15) is 24.0 Å². The summed E-state index contributed by atoms with van der Waals surface area (Å²) in [7, 11) is 0. The van der Waals surface area contributed by atoms with E-state index >= 15 is 0 Å². The third kappa shape index (κ3) is 1.65.